The zero-order chi connectivity index (χ0) is 20.1. The van der Waals surface area contributed by atoms with E-state index in [4.69, 9.17) is 0 Å². The Labute approximate surface area is 162 Å². The van der Waals surface area contributed by atoms with Crippen molar-refractivity contribution in [2.45, 2.75) is 25.2 Å². The van der Waals surface area contributed by atoms with Gasteiger partial charge in [0, 0.05) is 26.2 Å². The van der Waals surface area contributed by atoms with Crippen LogP contribution in [-0.4, -0.2) is 53.1 Å². The third kappa shape index (κ3) is 5.33. The van der Waals surface area contributed by atoms with Gasteiger partial charge >= 0.3 is 6.18 Å². The Morgan fingerprint density at radius 1 is 1.00 bits per heavy atom. The fourth-order valence-electron chi connectivity index (χ4n) is 3.49. The van der Waals surface area contributed by atoms with Gasteiger partial charge in [-0.2, -0.15) is 13.2 Å². The van der Waals surface area contributed by atoms with Gasteiger partial charge in [-0.3, -0.25) is 9.69 Å². The molecule has 0 aromatic heterocycles. The van der Waals surface area contributed by atoms with Gasteiger partial charge in [0.25, 0.3) is 0 Å². The summed E-state index contributed by atoms with van der Waals surface area (Å²) in [5, 5.41) is 10.3. The third-order valence-electron chi connectivity index (χ3n) is 4.84. The van der Waals surface area contributed by atoms with Crippen molar-refractivity contribution in [3.05, 3.63) is 71.3 Å². The number of hydrogen-bond donors (Lipinski definition) is 1. The summed E-state index contributed by atoms with van der Waals surface area (Å²) >= 11 is 0. The van der Waals surface area contributed by atoms with E-state index in [1.54, 1.807) is 15.9 Å². The van der Waals surface area contributed by atoms with Gasteiger partial charge in [0.1, 0.15) is 0 Å². The van der Waals surface area contributed by atoms with Crippen LogP contribution in [0.15, 0.2) is 54.6 Å². The number of rotatable bonds is 5. The average molecular weight is 392 g/mol. The second-order valence-corrected chi connectivity index (χ2v) is 7.05. The van der Waals surface area contributed by atoms with Crippen LogP contribution in [0.5, 0.6) is 0 Å². The minimum atomic E-state index is -4.45. The highest BCUT2D eigenvalue weighted by Gasteiger charge is 2.34. The molecule has 1 unspecified atom stereocenters. The maximum Gasteiger partial charge on any atom is 0.416 e. The zero-order valence-electron chi connectivity index (χ0n) is 15.4. The van der Waals surface area contributed by atoms with Crippen LogP contribution in [0.3, 0.4) is 0 Å². The summed E-state index contributed by atoms with van der Waals surface area (Å²) in [5.41, 5.74) is 0.486. The van der Waals surface area contributed by atoms with Crippen LogP contribution in [0.1, 0.15) is 16.7 Å². The molecule has 1 fully saturated rings. The van der Waals surface area contributed by atoms with E-state index in [0.717, 1.165) is 11.6 Å². The summed E-state index contributed by atoms with van der Waals surface area (Å²) in [6, 6.07) is 15.1. The Hall–Kier alpha value is -2.38. The SMILES string of the molecule is O=C1CN(Cc2ccccc2C(F)(F)F)CC(O)CN1CCc1ccccc1. The van der Waals surface area contributed by atoms with Crippen molar-refractivity contribution in [3.8, 4) is 0 Å². The van der Waals surface area contributed by atoms with Crippen molar-refractivity contribution < 1.29 is 23.1 Å². The lowest BCUT2D eigenvalue weighted by atomic mass is 10.1. The van der Waals surface area contributed by atoms with Crippen molar-refractivity contribution in [2.24, 2.45) is 0 Å². The average Bonchev–Trinajstić information content (AvgIpc) is 2.78. The Morgan fingerprint density at radius 2 is 1.68 bits per heavy atom. The molecule has 3 rings (SSSR count). The van der Waals surface area contributed by atoms with Gasteiger partial charge in [-0.05, 0) is 23.6 Å². The molecule has 28 heavy (non-hydrogen) atoms. The van der Waals surface area contributed by atoms with Crippen molar-refractivity contribution in [1.29, 1.82) is 0 Å². The number of hydrogen-bond acceptors (Lipinski definition) is 3. The molecule has 7 heteroatoms. The molecule has 1 amide bonds. The predicted molar refractivity (Wildman–Crippen MR) is 99.5 cm³/mol. The summed E-state index contributed by atoms with van der Waals surface area (Å²) < 4.78 is 39.7. The zero-order valence-corrected chi connectivity index (χ0v) is 15.4. The standard InChI is InChI=1S/C21H23F3N2O2/c22-21(23,24)19-9-5-4-8-17(19)12-25-13-18(27)14-26(20(28)15-25)11-10-16-6-2-1-3-7-16/h1-9,18,27H,10-15H2. The number of carbonyl (C=O) groups excluding carboxylic acids is 1. The number of halogens is 3. The molecule has 0 saturated carbocycles. The van der Waals surface area contributed by atoms with E-state index in [1.807, 2.05) is 30.3 Å². The van der Waals surface area contributed by atoms with Gasteiger partial charge < -0.3 is 10.0 Å². The molecule has 4 nitrogen and oxygen atoms in total. The Morgan fingerprint density at radius 3 is 2.39 bits per heavy atom. The van der Waals surface area contributed by atoms with E-state index in [-0.39, 0.29) is 37.6 Å². The molecular formula is C21H23F3N2O2. The Bertz CT molecular complexity index is 796. The maximum atomic E-state index is 13.2. The molecule has 1 heterocycles. The Kier molecular flexibility index (Phi) is 6.36. The summed E-state index contributed by atoms with van der Waals surface area (Å²) in [5.74, 6) is -0.183. The lowest BCUT2D eigenvalue weighted by Gasteiger charge is -2.22. The van der Waals surface area contributed by atoms with Crippen LogP contribution in [0.4, 0.5) is 13.2 Å². The van der Waals surface area contributed by atoms with Crippen LogP contribution in [0, 0.1) is 0 Å². The number of β-amino-alcohol motifs (C(OH)–C–C–N with tert-alkyl or cyclic N) is 1. The van der Waals surface area contributed by atoms with Crippen molar-refractivity contribution in [2.75, 3.05) is 26.2 Å². The third-order valence-corrected chi connectivity index (χ3v) is 4.84. The summed E-state index contributed by atoms with van der Waals surface area (Å²) in [6.45, 7) is 0.749. The van der Waals surface area contributed by atoms with Gasteiger partial charge in [0.15, 0.2) is 0 Å². The molecule has 1 N–H and O–H groups in total. The summed E-state index contributed by atoms with van der Waals surface area (Å²) in [7, 11) is 0. The van der Waals surface area contributed by atoms with E-state index in [2.05, 4.69) is 0 Å². The first-order chi connectivity index (χ1) is 13.3. The molecular weight excluding hydrogens is 369 g/mol. The molecule has 2 aromatic rings. The number of aliphatic hydroxyl groups excluding tert-OH is 1. The predicted octanol–water partition coefficient (Wildman–Crippen LogP) is 2.95. The first kappa shape index (κ1) is 20.4. The highest BCUT2D eigenvalue weighted by atomic mass is 19.4. The van der Waals surface area contributed by atoms with Crippen LogP contribution < -0.4 is 0 Å². The molecule has 1 aliphatic heterocycles. The van der Waals surface area contributed by atoms with Crippen LogP contribution in [-0.2, 0) is 23.9 Å². The van der Waals surface area contributed by atoms with Crippen molar-refractivity contribution >= 4 is 5.91 Å². The number of benzene rings is 2. The minimum Gasteiger partial charge on any atom is -0.390 e. The normalized spacial score (nSPS) is 18.9. The number of alkyl halides is 3. The van der Waals surface area contributed by atoms with Gasteiger partial charge in [-0.25, -0.2) is 0 Å². The lowest BCUT2D eigenvalue weighted by Crippen LogP contribution is -2.38. The van der Waals surface area contributed by atoms with E-state index in [0.29, 0.717) is 13.0 Å². The quantitative estimate of drug-likeness (QED) is 0.851. The van der Waals surface area contributed by atoms with Gasteiger partial charge in [-0.1, -0.05) is 48.5 Å². The van der Waals surface area contributed by atoms with Gasteiger partial charge in [0.05, 0.1) is 18.2 Å². The number of aliphatic hydroxyl groups is 1. The number of carbonyl (C=O) groups is 1. The Balaban J connectivity index is 1.67. The smallest absolute Gasteiger partial charge is 0.390 e. The number of nitrogens with zero attached hydrogens (tertiary/aromatic N) is 2. The monoisotopic (exact) mass is 392 g/mol. The van der Waals surface area contributed by atoms with E-state index in [9.17, 15) is 23.1 Å². The van der Waals surface area contributed by atoms with E-state index < -0.39 is 17.8 Å². The fourth-order valence-corrected chi connectivity index (χ4v) is 3.49. The van der Waals surface area contributed by atoms with Crippen LogP contribution >= 0.6 is 0 Å². The molecule has 150 valence electrons. The second kappa shape index (κ2) is 8.75. The highest BCUT2D eigenvalue weighted by molar-refractivity contribution is 5.78. The molecule has 0 bridgehead atoms. The van der Waals surface area contributed by atoms with E-state index in [1.165, 1.54) is 12.1 Å². The number of amides is 1. The summed E-state index contributed by atoms with van der Waals surface area (Å²) in [6.07, 6.45) is -4.59. The molecule has 0 spiro atoms. The maximum absolute atomic E-state index is 13.2. The van der Waals surface area contributed by atoms with Gasteiger partial charge in [0.2, 0.25) is 5.91 Å². The molecule has 1 saturated heterocycles. The van der Waals surface area contributed by atoms with Crippen LogP contribution in [0.2, 0.25) is 0 Å². The van der Waals surface area contributed by atoms with E-state index >= 15 is 0 Å². The molecule has 0 aliphatic carbocycles. The molecule has 1 atom stereocenters. The fraction of sp³-hybridized carbons (Fsp3) is 0.381. The molecule has 1 aliphatic rings. The summed E-state index contributed by atoms with van der Waals surface area (Å²) in [4.78, 5) is 15.8. The molecule has 0 radical (unpaired) electrons. The van der Waals surface area contributed by atoms with Crippen molar-refractivity contribution in [1.82, 2.24) is 9.80 Å². The van der Waals surface area contributed by atoms with Crippen molar-refractivity contribution in [3.63, 3.8) is 0 Å². The van der Waals surface area contributed by atoms with Gasteiger partial charge in [-0.15, -0.1) is 0 Å². The first-order valence-corrected chi connectivity index (χ1v) is 9.20. The lowest BCUT2D eigenvalue weighted by molar-refractivity contribution is -0.138. The first-order valence-electron chi connectivity index (χ1n) is 9.20. The topological polar surface area (TPSA) is 43.8 Å². The molecule has 2 aromatic carbocycles. The second-order valence-electron chi connectivity index (χ2n) is 7.05. The van der Waals surface area contributed by atoms with Crippen LogP contribution in [0.25, 0.3) is 0 Å². The largest absolute Gasteiger partial charge is 0.416 e. The minimum absolute atomic E-state index is 0.0158. The highest BCUT2D eigenvalue weighted by Crippen LogP contribution is 2.32.